The van der Waals surface area contributed by atoms with Gasteiger partial charge in [-0.3, -0.25) is 0 Å². The Hall–Kier alpha value is -2.52. The highest BCUT2D eigenvalue weighted by atomic mass is 19.4. The first-order chi connectivity index (χ1) is 16.2. The van der Waals surface area contributed by atoms with Crippen molar-refractivity contribution >= 4 is 11.7 Å². The second-order valence-corrected chi connectivity index (χ2v) is 9.54. The van der Waals surface area contributed by atoms with Gasteiger partial charge in [-0.15, -0.1) is 0 Å². The van der Waals surface area contributed by atoms with E-state index in [9.17, 15) is 18.0 Å². The number of ether oxygens (including phenoxy) is 1. The number of rotatable bonds is 6. The van der Waals surface area contributed by atoms with Crippen LogP contribution in [0.2, 0.25) is 0 Å². The average Bonchev–Trinajstić information content (AvgIpc) is 2.81. The summed E-state index contributed by atoms with van der Waals surface area (Å²) in [6.07, 6.45) is 5.61. The van der Waals surface area contributed by atoms with Gasteiger partial charge in [0.2, 0.25) is 0 Å². The summed E-state index contributed by atoms with van der Waals surface area (Å²) in [6.45, 7) is 1.57. The fourth-order valence-electron chi connectivity index (χ4n) is 5.07. The zero-order valence-electron chi connectivity index (χ0n) is 19.6. The lowest BCUT2D eigenvalue weighted by atomic mass is 9.73. The smallest absolute Gasteiger partial charge is 0.381 e. The molecule has 3 aliphatic rings. The molecule has 4 rings (SSSR count). The largest absolute Gasteiger partial charge is 0.416 e. The van der Waals surface area contributed by atoms with Gasteiger partial charge >= 0.3 is 12.2 Å². The predicted molar refractivity (Wildman–Crippen MR) is 126 cm³/mol. The van der Waals surface area contributed by atoms with E-state index < -0.39 is 17.8 Å². The molecule has 186 valence electrons. The molecule has 3 N–H and O–H groups in total. The van der Waals surface area contributed by atoms with Crippen molar-refractivity contribution in [1.82, 2.24) is 15.5 Å². The van der Waals surface area contributed by atoms with Crippen LogP contribution in [-0.2, 0) is 10.9 Å². The highest BCUT2D eigenvalue weighted by molar-refractivity contribution is 5.73. The van der Waals surface area contributed by atoms with E-state index in [0.29, 0.717) is 24.3 Å². The van der Waals surface area contributed by atoms with Crippen LogP contribution in [0, 0.1) is 11.8 Å². The Kier molecular flexibility index (Phi) is 7.52. The van der Waals surface area contributed by atoms with E-state index >= 15 is 0 Å². The third-order valence-corrected chi connectivity index (χ3v) is 6.83. The van der Waals surface area contributed by atoms with Gasteiger partial charge in [-0.1, -0.05) is 24.3 Å². The van der Waals surface area contributed by atoms with Crippen molar-refractivity contribution in [3.63, 3.8) is 0 Å². The molecule has 2 unspecified atom stereocenters. The van der Waals surface area contributed by atoms with Crippen molar-refractivity contribution in [3.8, 4) is 0 Å². The minimum absolute atomic E-state index is 0.0438. The van der Waals surface area contributed by atoms with Crippen molar-refractivity contribution in [2.24, 2.45) is 11.8 Å². The molecule has 2 heterocycles. The Morgan fingerprint density at radius 3 is 2.74 bits per heavy atom. The Morgan fingerprint density at radius 1 is 1.21 bits per heavy atom. The Bertz CT molecular complexity index is 931. The molecule has 5 atom stereocenters. The highest BCUT2D eigenvalue weighted by Gasteiger charge is 2.45. The summed E-state index contributed by atoms with van der Waals surface area (Å²) in [5.74, 6) is 0.288. The second-order valence-electron chi connectivity index (χ2n) is 9.54. The number of fused-ring (bicyclic) bond motifs is 3. The molecule has 1 saturated heterocycles. The van der Waals surface area contributed by atoms with Crippen LogP contribution >= 0.6 is 0 Å². The number of hydrogen-bond acceptors (Lipinski definition) is 4. The Morgan fingerprint density at radius 2 is 2.03 bits per heavy atom. The van der Waals surface area contributed by atoms with Crippen LogP contribution in [0.15, 0.2) is 42.5 Å². The van der Waals surface area contributed by atoms with Gasteiger partial charge in [0.15, 0.2) is 0 Å². The predicted octanol–water partition coefficient (Wildman–Crippen LogP) is 4.33. The normalized spacial score (nSPS) is 28.1. The Labute approximate surface area is 198 Å². The fraction of sp³-hybridized carbons (Fsp3) is 0.560. The van der Waals surface area contributed by atoms with Crippen molar-refractivity contribution in [2.75, 3.05) is 39.0 Å². The molecule has 1 aliphatic carbocycles. The van der Waals surface area contributed by atoms with Gasteiger partial charge in [0, 0.05) is 48.8 Å². The summed E-state index contributed by atoms with van der Waals surface area (Å²) in [5.41, 5.74) is 0.568. The van der Waals surface area contributed by atoms with E-state index in [1.165, 1.54) is 12.1 Å². The molecule has 0 aromatic heterocycles. The lowest BCUT2D eigenvalue weighted by molar-refractivity contribution is -0.138. The van der Waals surface area contributed by atoms with Crippen molar-refractivity contribution < 1.29 is 22.7 Å². The zero-order valence-corrected chi connectivity index (χ0v) is 19.6. The molecule has 2 aliphatic heterocycles. The number of likely N-dealkylation sites (N-methyl/N-ethyl adjacent to an activating group) is 1. The third-order valence-electron chi connectivity index (χ3n) is 6.83. The van der Waals surface area contributed by atoms with E-state index in [2.05, 4.69) is 28.1 Å². The van der Waals surface area contributed by atoms with Gasteiger partial charge in [0.25, 0.3) is 0 Å². The zero-order chi connectivity index (χ0) is 24.3. The number of nitrogens with one attached hydrogen (secondary N) is 3. The number of alkyl halides is 3. The lowest BCUT2D eigenvalue weighted by Gasteiger charge is -2.47. The van der Waals surface area contributed by atoms with Crippen LogP contribution in [0.3, 0.4) is 0 Å². The van der Waals surface area contributed by atoms with Gasteiger partial charge in [-0.25, -0.2) is 4.79 Å². The fourth-order valence-corrected chi connectivity index (χ4v) is 5.07. The van der Waals surface area contributed by atoms with Crippen LogP contribution in [0.25, 0.3) is 0 Å². The van der Waals surface area contributed by atoms with Gasteiger partial charge in [0.05, 0.1) is 17.8 Å². The van der Waals surface area contributed by atoms with Gasteiger partial charge in [-0.2, -0.15) is 13.2 Å². The molecule has 9 heteroatoms. The number of carbonyl (C=O) groups excluding carboxylic acids is 1. The van der Waals surface area contributed by atoms with Crippen LogP contribution < -0.4 is 16.0 Å². The third kappa shape index (κ3) is 5.75. The number of urea groups is 1. The summed E-state index contributed by atoms with van der Waals surface area (Å²) in [6, 6.07) is 3.66. The standard InChI is InChI=1S/C25H33F3N4O2/c1-32(2)13-12-29-24(33)30-15-18-9-10-19-22(16-6-4-3-5-7-16)31-21-11-8-17(25(26,27)28)14-20(21)23(19)34-18/h3-6,8,11,14,16,18-19,22-23,31H,7,9-10,12-13,15H2,1-2H3,(H2,29,30,33)/t16?,18-,19+,22+,23?/m1/s1. The first kappa shape index (κ1) is 24.6. The number of hydrogen-bond donors (Lipinski definition) is 3. The van der Waals surface area contributed by atoms with Crippen LogP contribution in [-0.4, -0.2) is 56.8 Å². The topological polar surface area (TPSA) is 65.6 Å². The number of allylic oxidation sites excluding steroid dienone is 3. The molecule has 0 radical (unpaired) electrons. The SMILES string of the molecule is CN(C)CCNC(=O)NC[C@H]1CC[C@@H]2C(O1)c1cc(C(F)(F)F)ccc1N[C@H]2C1C=CC=CC1. The monoisotopic (exact) mass is 478 g/mol. The van der Waals surface area contributed by atoms with Gasteiger partial charge < -0.3 is 25.6 Å². The number of amides is 2. The van der Waals surface area contributed by atoms with Crippen LogP contribution in [0.4, 0.5) is 23.7 Å². The van der Waals surface area contributed by atoms with Crippen molar-refractivity contribution in [1.29, 1.82) is 0 Å². The van der Waals surface area contributed by atoms with E-state index in [0.717, 1.165) is 31.9 Å². The highest BCUT2D eigenvalue weighted by Crippen LogP contribution is 2.49. The molecule has 0 bridgehead atoms. The molecule has 2 amide bonds. The molecular weight excluding hydrogens is 445 g/mol. The lowest BCUT2D eigenvalue weighted by Crippen LogP contribution is -2.49. The molecule has 34 heavy (non-hydrogen) atoms. The van der Waals surface area contributed by atoms with Gasteiger partial charge in [-0.05, 0) is 51.6 Å². The maximum absolute atomic E-state index is 13.5. The van der Waals surface area contributed by atoms with E-state index in [4.69, 9.17) is 4.74 Å². The molecule has 6 nitrogen and oxygen atoms in total. The molecule has 1 fully saturated rings. The maximum atomic E-state index is 13.5. The summed E-state index contributed by atoms with van der Waals surface area (Å²) in [5, 5.41) is 9.18. The number of carbonyl (C=O) groups is 1. The molecule has 0 spiro atoms. The molecule has 1 aromatic rings. The summed E-state index contributed by atoms with van der Waals surface area (Å²) in [4.78, 5) is 14.1. The molecule has 0 saturated carbocycles. The number of benzene rings is 1. The molecular formula is C25H33F3N4O2. The number of nitrogens with zero attached hydrogens (tertiary/aromatic N) is 1. The number of anilines is 1. The van der Waals surface area contributed by atoms with E-state index in [1.807, 2.05) is 31.1 Å². The number of halogens is 3. The molecule has 1 aromatic carbocycles. The van der Waals surface area contributed by atoms with Gasteiger partial charge in [0.1, 0.15) is 0 Å². The minimum Gasteiger partial charge on any atom is -0.381 e. The first-order valence-corrected chi connectivity index (χ1v) is 11.9. The van der Waals surface area contributed by atoms with Crippen LogP contribution in [0.1, 0.15) is 36.5 Å². The summed E-state index contributed by atoms with van der Waals surface area (Å²) >= 11 is 0. The van der Waals surface area contributed by atoms with Crippen molar-refractivity contribution in [2.45, 2.75) is 43.7 Å². The second kappa shape index (κ2) is 10.4. The average molecular weight is 479 g/mol. The van der Waals surface area contributed by atoms with Crippen molar-refractivity contribution in [3.05, 3.63) is 53.6 Å². The van der Waals surface area contributed by atoms with E-state index in [-0.39, 0.29) is 30.0 Å². The van der Waals surface area contributed by atoms with Crippen LogP contribution in [0.5, 0.6) is 0 Å². The first-order valence-electron chi connectivity index (χ1n) is 11.9. The maximum Gasteiger partial charge on any atom is 0.416 e. The quantitative estimate of drug-likeness (QED) is 0.570. The summed E-state index contributed by atoms with van der Waals surface area (Å²) < 4.78 is 46.8. The van der Waals surface area contributed by atoms with E-state index in [1.54, 1.807) is 0 Å². The Balaban J connectivity index is 1.49. The summed E-state index contributed by atoms with van der Waals surface area (Å²) in [7, 11) is 3.86. The minimum atomic E-state index is -4.42.